The summed E-state index contributed by atoms with van der Waals surface area (Å²) in [5.41, 5.74) is 1.60. The zero-order valence-electron chi connectivity index (χ0n) is 10.3. The van der Waals surface area contributed by atoms with Gasteiger partial charge in [-0.25, -0.2) is 4.98 Å². The highest BCUT2D eigenvalue weighted by Crippen LogP contribution is 2.31. The molecule has 3 rings (SSSR count). The lowest BCUT2D eigenvalue weighted by Crippen LogP contribution is -2.31. The van der Waals surface area contributed by atoms with E-state index < -0.39 is 0 Å². The molecule has 1 aliphatic heterocycles. The molecule has 19 heavy (non-hydrogen) atoms. The Balaban J connectivity index is 1.84. The number of amides is 1. The van der Waals surface area contributed by atoms with E-state index in [2.05, 4.69) is 25.9 Å². The molecule has 5 heteroatoms. The minimum absolute atomic E-state index is 0.00426. The molecule has 0 bridgehead atoms. The van der Waals surface area contributed by atoms with E-state index in [4.69, 9.17) is 0 Å². The maximum Gasteiger partial charge on any atom is 0.273 e. The van der Waals surface area contributed by atoms with E-state index in [-0.39, 0.29) is 11.9 Å². The molecule has 2 aromatic heterocycles. The molecule has 98 valence electrons. The van der Waals surface area contributed by atoms with Crippen LogP contribution >= 0.6 is 15.9 Å². The third kappa shape index (κ3) is 2.42. The molecule has 0 spiro atoms. The van der Waals surface area contributed by atoms with Crippen LogP contribution in [0.3, 0.4) is 0 Å². The monoisotopic (exact) mass is 319 g/mol. The van der Waals surface area contributed by atoms with Gasteiger partial charge >= 0.3 is 0 Å². The molecule has 1 amide bonds. The molecule has 0 aliphatic carbocycles. The molecule has 1 N–H and O–H groups in total. The number of halogens is 1. The van der Waals surface area contributed by atoms with Crippen LogP contribution in [0.4, 0.5) is 0 Å². The third-order valence-corrected chi connectivity index (χ3v) is 3.91. The van der Waals surface area contributed by atoms with Crippen molar-refractivity contribution in [3.05, 3.63) is 52.5 Å². The summed E-state index contributed by atoms with van der Waals surface area (Å²) < 4.78 is 0.881. The predicted molar refractivity (Wildman–Crippen MR) is 75.7 cm³/mol. The van der Waals surface area contributed by atoms with Gasteiger partial charge in [-0.05, 0) is 53.0 Å². The minimum atomic E-state index is 0.00426. The largest absolute Gasteiger partial charge is 0.363 e. The minimum Gasteiger partial charge on any atom is -0.363 e. The van der Waals surface area contributed by atoms with Crippen LogP contribution in [0.25, 0.3) is 0 Å². The Kier molecular flexibility index (Phi) is 3.38. The second-order valence-corrected chi connectivity index (χ2v) is 5.56. The number of hydrogen-bond acceptors (Lipinski definition) is 2. The van der Waals surface area contributed by atoms with E-state index in [1.54, 1.807) is 12.3 Å². The maximum atomic E-state index is 12.5. The van der Waals surface area contributed by atoms with E-state index in [0.717, 1.165) is 29.6 Å². The Hall–Kier alpha value is -1.62. The zero-order chi connectivity index (χ0) is 13.2. The van der Waals surface area contributed by atoms with Crippen LogP contribution in [0.5, 0.6) is 0 Å². The van der Waals surface area contributed by atoms with Crippen LogP contribution in [-0.2, 0) is 0 Å². The summed E-state index contributed by atoms with van der Waals surface area (Å²) in [6, 6.07) is 7.75. The molecular formula is C14H14BrN3O. The predicted octanol–water partition coefficient (Wildman–Crippen LogP) is 3.15. The fourth-order valence-electron chi connectivity index (χ4n) is 2.53. The molecular weight excluding hydrogens is 306 g/mol. The molecule has 2 aromatic rings. The number of pyridine rings is 1. The van der Waals surface area contributed by atoms with Crippen molar-refractivity contribution >= 4 is 21.8 Å². The molecule has 3 heterocycles. The normalized spacial score (nSPS) is 18.8. The second-order valence-electron chi connectivity index (χ2n) is 4.64. The molecule has 1 saturated heterocycles. The van der Waals surface area contributed by atoms with Gasteiger partial charge in [0.2, 0.25) is 0 Å². The average Bonchev–Trinajstić information content (AvgIpc) is 3.09. The van der Waals surface area contributed by atoms with Crippen molar-refractivity contribution in [2.45, 2.75) is 18.9 Å². The summed E-state index contributed by atoms with van der Waals surface area (Å²) in [4.78, 5) is 21.8. The number of nitrogens with zero attached hydrogens (tertiary/aromatic N) is 2. The average molecular weight is 320 g/mol. The number of hydrogen-bond donors (Lipinski definition) is 1. The van der Waals surface area contributed by atoms with Crippen LogP contribution in [0.1, 0.15) is 35.1 Å². The highest BCUT2D eigenvalue weighted by molar-refractivity contribution is 9.10. The van der Waals surface area contributed by atoms with Gasteiger partial charge in [0.1, 0.15) is 5.69 Å². The quantitative estimate of drug-likeness (QED) is 0.924. The summed E-state index contributed by atoms with van der Waals surface area (Å²) in [6.45, 7) is 0.792. The van der Waals surface area contributed by atoms with Crippen LogP contribution in [0, 0.1) is 0 Å². The lowest BCUT2D eigenvalue weighted by atomic mass is 10.1. The van der Waals surface area contributed by atoms with E-state index in [9.17, 15) is 4.79 Å². The molecule has 1 atom stereocenters. The fraction of sp³-hybridized carbons (Fsp3) is 0.286. The second kappa shape index (κ2) is 5.17. The van der Waals surface area contributed by atoms with Gasteiger partial charge in [0, 0.05) is 29.1 Å². The Morgan fingerprint density at radius 3 is 3.00 bits per heavy atom. The van der Waals surface area contributed by atoms with Crippen LogP contribution in [-0.4, -0.2) is 27.3 Å². The van der Waals surface area contributed by atoms with Crippen LogP contribution in [0.15, 0.2) is 41.1 Å². The van der Waals surface area contributed by atoms with E-state index >= 15 is 0 Å². The van der Waals surface area contributed by atoms with Crippen molar-refractivity contribution in [2.24, 2.45) is 0 Å². The highest BCUT2D eigenvalue weighted by atomic mass is 79.9. The van der Waals surface area contributed by atoms with E-state index in [1.807, 2.05) is 29.3 Å². The number of carbonyl (C=O) groups excluding carboxylic acids is 1. The van der Waals surface area contributed by atoms with E-state index in [1.165, 1.54) is 0 Å². The van der Waals surface area contributed by atoms with Crippen LogP contribution < -0.4 is 0 Å². The summed E-state index contributed by atoms with van der Waals surface area (Å²) >= 11 is 3.33. The third-order valence-electron chi connectivity index (χ3n) is 3.44. The van der Waals surface area contributed by atoms with Crippen molar-refractivity contribution < 1.29 is 4.79 Å². The summed E-state index contributed by atoms with van der Waals surface area (Å²) in [6.07, 6.45) is 5.59. The molecule has 1 fully saturated rings. The van der Waals surface area contributed by atoms with Gasteiger partial charge < -0.3 is 9.88 Å². The zero-order valence-corrected chi connectivity index (χ0v) is 11.9. The van der Waals surface area contributed by atoms with Crippen molar-refractivity contribution in [1.82, 2.24) is 14.9 Å². The van der Waals surface area contributed by atoms with Gasteiger partial charge in [0.15, 0.2) is 0 Å². The molecule has 0 saturated carbocycles. The topological polar surface area (TPSA) is 49.0 Å². The van der Waals surface area contributed by atoms with Crippen LogP contribution in [0.2, 0.25) is 0 Å². The first-order valence-corrected chi connectivity index (χ1v) is 7.11. The maximum absolute atomic E-state index is 12.5. The molecule has 1 unspecified atom stereocenters. The lowest BCUT2D eigenvalue weighted by molar-refractivity contribution is 0.0727. The Bertz CT molecular complexity index is 565. The molecule has 0 radical (unpaired) electrons. The fourth-order valence-corrected chi connectivity index (χ4v) is 2.77. The first-order chi connectivity index (χ1) is 9.25. The number of carbonyl (C=O) groups is 1. The molecule has 4 nitrogen and oxygen atoms in total. The van der Waals surface area contributed by atoms with Gasteiger partial charge in [-0.3, -0.25) is 4.79 Å². The number of aromatic amines is 1. The number of nitrogens with one attached hydrogen (secondary N) is 1. The van der Waals surface area contributed by atoms with Crippen molar-refractivity contribution in [1.29, 1.82) is 0 Å². The summed E-state index contributed by atoms with van der Waals surface area (Å²) in [5.74, 6) is 0.00426. The lowest BCUT2D eigenvalue weighted by Gasteiger charge is -2.23. The van der Waals surface area contributed by atoms with E-state index in [0.29, 0.717) is 5.69 Å². The highest BCUT2D eigenvalue weighted by Gasteiger charge is 2.31. The van der Waals surface area contributed by atoms with Gasteiger partial charge in [0.25, 0.3) is 5.91 Å². The number of H-pyrrole nitrogens is 1. The van der Waals surface area contributed by atoms with Gasteiger partial charge in [-0.2, -0.15) is 0 Å². The van der Waals surface area contributed by atoms with Crippen molar-refractivity contribution in [3.63, 3.8) is 0 Å². The Morgan fingerprint density at radius 2 is 2.32 bits per heavy atom. The standard InChI is InChI=1S/C14H14BrN3O/c15-10-5-6-12(17-9-10)14(19)18-8-2-4-13(18)11-3-1-7-16-11/h1,3,5-7,9,13,16H,2,4,8H2. The molecule has 1 aliphatic rings. The molecule has 0 aromatic carbocycles. The summed E-state index contributed by atoms with van der Waals surface area (Å²) in [5, 5.41) is 0. The van der Waals surface area contributed by atoms with Crippen molar-refractivity contribution in [3.8, 4) is 0 Å². The summed E-state index contributed by atoms with van der Waals surface area (Å²) in [7, 11) is 0. The first-order valence-electron chi connectivity index (χ1n) is 6.31. The number of aromatic nitrogens is 2. The Morgan fingerprint density at radius 1 is 1.42 bits per heavy atom. The number of rotatable bonds is 2. The van der Waals surface area contributed by atoms with Crippen molar-refractivity contribution in [2.75, 3.05) is 6.54 Å². The Labute approximate surface area is 120 Å². The van der Waals surface area contributed by atoms with Gasteiger partial charge in [0.05, 0.1) is 6.04 Å². The smallest absolute Gasteiger partial charge is 0.273 e. The first kappa shape index (κ1) is 12.4. The number of likely N-dealkylation sites (tertiary alicyclic amines) is 1. The SMILES string of the molecule is O=C(c1ccc(Br)cn1)N1CCCC1c1ccc[nH]1. The van der Waals surface area contributed by atoms with Gasteiger partial charge in [-0.15, -0.1) is 0 Å². The van der Waals surface area contributed by atoms with Gasteiger partial charge in [-0.1, -0.05) is 0 Å².